The number of esters is 1. The predicted octanol–water partition coefficient (Wildman–Crippen LogP) is 4.06. The second kappa shape index (κ2) is 6.26. The second-order valence-electron chi connectivity index (χ2n) is 8.15. The molecule has 5 atom stereocenters. The molecule has 1 aromatic rings. The molecule has 1 heterocycles. The van der Waals surface area contributed by atoms with Crippen LogP contribution in [0.5, 0.6) is 0 Å². The number of alkyl halides is 3. The molecule has 1 saturated heterocycles. The fraction of sp³-hybridized carbons (Fsp3) is 0.600. The number of hydrogen-bond donors (Lipinski definition) is 0. The average molecular weight is 399 g/mol. The van der Waals surface area contributed by atoms with Gasteiger partial charge in [0.05, 0.1) is 5.41 Å². The summed E-state index contributed by atoms with van der Waals surface area (Å²) in [5.41, 5.74) is -1.65. The molecular formula is C20H22F3O3S+. The maximum absolute atomic E-state index is 12.9. The van der Waals surface area contributed by atoms with Crippen LogP contribution >= 0.6 is 0 Å². The number of ether oxygens (including phenoxy) is 1. The quantitative estimate of drug-likeness (QED) is 0.556. The molecular weight excluding hydrogens is 377 g/mol. The summed E-state index contributed by atoms with van der Waals surface area (Å²) in [5, 5.41) is -0.260. The first-order valence-corrected chi connectivity index (χ1v) is 10.7. The average Bonchev–Trinajstić information content (AvgIpc) is 2.97. The van der Waals surface area contributed by atoms with Crippen molar-refractivity contribution in [1.82, 2.24) is 0 Å². The third kappa shape index (κ3) is 2.98. The lowest BCUT2D eigenvalue weighted by Crippen LogP contribution is -2.55. The van der Waals surface area contributed by atoms with E-state index < -0.39 is 34.1 Å². The normalized spacial score (nSPS) is 38.4. The summed E-state index contributed by atoms with van der Waals surface area (Å²) in [6.45, 7) is 1.64. The van der Waals surface area contributed by atoms with E-state index in [-0.39, 0.29) is 17.0 Å². The van der Waals surface area contributed by atoms with Crippen molar-refractivity contribution in [1.29, 1.82) is 0 Å². The molecule has 0 amide bonds. The summed E-state index contributed by atoms with van der Waals surface area (Å²) < 4.78 is 43.8. The van der Waals surface area contributed by atoms with Gasteiger partial charge >= 0.3 is 12.1 Å². The van der Waals surface area contributed by atoms with E-state index in [1.54, 1.807) is 6.92 Å². The number of fused-ring (bicyclic) bond motifs is 1. The van der Waals surface area contributed by atoms with E-state index in [9.17, 15) is 22.8 Å². The zero-order chi connectivity index (χ0) is 19.4. The van der Waals surface area contributed by atoms with Crippen LogP contribution in [-0.2, 0) is 25.2 Å². The van der Waals surface area contributed by atoms with E-state index in [1.807, 2.05) is 30.3 Å². The molecule has 2 bridgehead atoms. The Morgan fingerprint density at radius 2 is 1.93 bits per heavy atom. The van der Waals surface area contributed by atoms with Crippen molar-refractivity contribution in [2.75, 3.05) is 5.75 Å². The van der Waals surface area contributed by atoms with E-state index in [0.717, 1.165) is 17.7 Å². The van der Waals surface area contributed by atoms with Crippen LogP contribution in [0.4, 0.5) is 13.2 Å². The Hall–Kier alpha value is -1.50. The van der Waals surface area contributed by atoms with E-state index >= 15 is 0 Å². The zero-order valence-electron chi connectivity index (χ0n) is 15.1. The van der Waals surface area contributed by atoms with Crippen LogP contribution in [0.1, 0.15) is 39.0 Å². The minimum Gasteiger partial charge on any atom is -0.447 e. The first-order valence-electron chi connectivity index (χ1n) is 9.24. The zero-order valence-corrected chi connectivity index (χ0v) is 15.9. The molecule has 3 aliphatic rings. The Morgan fingerprint density at radius 3 is 2.59 bits per heavy atom. The Morgan fingerprint density at radius 1 is 1.22 bits per heavy atom. The topological polar surface area (TPSA) is 43.4 Å². The first-order chi connectivity index (χ1) is 12.7. The number of rotatable bonds is 2. The van der Waals surface area contributed by atoms with Gasteiger partial charge in [0.25, 0.3) is 0 Å². The summed E-state index contributed by atoms with van der Waals surface area (Å²) in [4.78, 5) is 25.6. The van der Waals surface area contributed by atoms with E-state index in [4.69, 9.17) is 4.74 Å². The largest absolute Gasteiger partial charge is 0.490 e. The van der Waals surface area contributed by atoms with Gasteiger partial charge in [-0.05, 0) is 44.2 Å². The molecule has 1 spiro atoms. The Kier molecular flexibility index (Phi) is 4.37. The standard InChI is InChI=1S/C20H22F3O3S/c1-18(26-17(25)20(21,22)23)10-13-6-5-9-15(24)19(13)11-16(18)27(12-19)14-7-3-2-4-8-14/h2-4,7-8,13,16H,5-6,9-12H2,1H3/q+1/t13-,16-,18-,19+,27?/m1/s1. The van der Waals surface area contributed by atoms with Gasteiger partial charge in [-0.2, -0.15) is 13.2 Å². The summed E-state index contributed by atoms with van der Waals surface area (Å²) in [5.74, 6) is -1.21. The number of Topliss-reactive ketones (excluding diaryl/α,β-unsaturated/α-hetero) is 1. The monoisotopic (exact) mass is 399 g/mol. The lowest BCUT2D eigenvalue weighted by molar-refractivity contribution is -0.217. The van der Waals surface area contributed by atoms with Gasteiger partial charge in [0, 0.05) is 23.7 Å². The molecule has 1 aromatic carbocycles. The number of halogens is 3. The SMILES string of the molecule is C[C@@]1(OC(=O)C(F)(F)F)C[C@H]2CCCC(=O)[C@]23C[C@H]1[S+](c1ccccc1)C3. The molecule has 0 aromatic heterocycles. The van der Waals surface area contributed by atoms with Crippen LogP contribution in [0, 0.1) is 11.3 Å². The van der Waals surface area contributed by atoms with Gasteiger partial charge in [-0.25, -0.2) is 4.79 Å². The molecule has 146 valence electrons. The molecule has 27 heavy (non-hydrogen) atoms. The number of hydrogen-bond acceptors (Lipinski definition) is 3. The van der Waals surface area contributed by atoms with Crippen LogP contribution in [0.2, 0.25) is 0 Å². The molecule has 3 nitrogen and oxygen atoms in total. The van der Waals surface area contributed by atoms with Crippen molar-refractivity contribution in [3.63, 3.8) is 0 Å². The number of ketones is 1. The van der Waals surface area contributed by atoms with E-state index in [2.05, 4.69) is 0 Å². The number of carbonyl (C=O) groups is 2. The van der Waals surface area contributed by atoms with Gasteiger partial charge in [0.15, 0.2) is 15.7 Å². The highest BCUT2D eigenvalue weighted by atomic mass is 32.2. The molecule has 2 aliphatic carbocycles. The van der Waals surface area contributed by atoms with Gasteiger partial charge in [-0.1, -0.05) is 18.2 Å². The van der Waals surface area contributed by atoms with Gasteiger partial charge < -0.3 is 4.74 Å². The van der Waals surface area contributed by atoms with Crippen LogP contribution in [0.25, 0.3) is 0 Å². The van der Waals surface area contributed by atoms with Crippen molar-refractivity contribution in [2.45, 2.75) is 61.0 Å². The van der Waals surface area contributed by atoms with Gasteiger partial charge in [-0.15, -0.1) is 0 Å². The number of carbonyl (C=O) groups excluding carboxylic acids is 2. The molecule has 3 fully saturated rings. The molecule has 4 rings (SSSR count). The van der Waals surface area contributed by atoms with Crippen molar-refractivity contribution in [3.8, 4) is 0 Å². The minimum atomic E-state index is -5.01. The second-order valence-corrected chi connectivity index (χ2v) is 10.3. The summed E-state index contributed by atoms with van der Waals surface area (Å²) in [6, 6.07) is 9.64. The fourth-order valence-electron chi connectivity index (χ4n) is 5.26. The highest BCUT2D eigenvalue weighted by Gasteiger charge is 2.71. The smallest absolute Gasteiger partial charge is 0.447 e. The van der Waals surface area contributed by atoms with Crippen LogP contribution < -0.4 is 0 Å². The molecule has 0 N–H and O–H groups in total. The predicted molar refractivity (Wildman–Crippen MR) is 95.3 cm³/mol. The van der Waals surface area contributed by atoms with E-state index in [1.165, 1.54) is 0 Å². The minimum absolute atomic E-state index is 0.0118. The first kappa shape index (κ1) is 18.8. The highest BCUT2D eigenvalue weighted by molar-refractivity contribution is 7.98. The summed E-state index contributed by atoms with van der Waals surface area (Å²) in [6.07, 6.45) is -2.03. The fourth-order valence-corrected chi connectivity index (χ4v) is 8.78. The lowest BCUT2D eigenvalue weighted by Gasteiger charge is -2.46. The Bertz CT molecular complexity index is 765. The molecule has 1 unspecified atom stereocenters. The molecule has 0 radical (unpaired) electrons. The maximum Gasteiger partial charge on any atom is 0.490 e. The Balaban J connectivity index is 1.74. The van der Waals surface area contributed by atoms with Crippen molar-refractivity contribution in [3.05, 3.63) is 30.3 Å². The summed E-state index contributed by atoms with van der Waals surface area (Å²) in [7, 11) is -0.422. The highest BCUT2D eigenvalue weighted by Crippen LogP contribution is 2.61. The van der Waals surface area contributed by atoms with Crippen molar-refractivity contribution < 1.29 is 27.5 Å². The van der Waals surface area contributed by atoms with Crippen LogP contribution in [-0.4, -0.2) is 34.5 Å². The summed E-state index contributed by atoms with van der Waals surface area (Å²) >= 11 is 0. The van der Waals surface area contributed by atoms with Gasteiger partial charge in [-0.3, -0.25) is 4.79 Å². The third-order valence-electron chi connectivity index (χ3n) is 6.54. The van der Waals surface area contributed by atoms with Crippen LogP contribution in [0.3, 0.4) is 0 Å². The van der Waals surface area contributed by atoms with Gasteiger partial charge in [0.1, 0.15) is 11.5 Å². The molecule has 1 aliphatic heterocycles. The van der Waals surface area contributed by atoms with E-state index in [0.29, 0.717) is 25.0 Å². The third-order valence-corrected chi connectivity index (χ3v) is 9.59. The number of benzene rings is 1. The van der Waals surface area contributed by atoms with Gasteiger partial charge in [0.2, 0.25) is 0 Å². The van der Waals surface area contributed by atoms with Crippen molar-refractivity contribution in [2.24, 2.45) is 11.3 Å². The lowest BCUT2D eigenvalue weighted by atomic mass is 9.57. The molecule has 7 heteroatoms. The van der Waals surface area contributed by atoms with Crippen molar-refractivity contribution >= 4 is 22.6 Å². The van der Waals surface area contributed by atoms with Crippen LogP contribution in [0.15, 0.2) is 35.2 Å². The maximum atomic E-state index is 12.9. The Labute approximate surface area is 159 Å². The molecule has 2 saturated carbocycles.